The van der Waals surface area contributed by atoms with Crippen molar-refractivity contribution in [3.05, 3.63) is 40.8 Å². The van der Waals surface area contributed by atoms with Gasteiger partial charge in [0.05, 0.1) is 18.4 Å². The van der Waals surface area contributed by atoms with Crippen molar-refractivity contribution in [3.8, 4) is 0 Å². The molecule has 0 bridgehead atoms. The molecule has 1 N–H and O–H groups in total. The fraction of sp³-hybridized carbons (Fsp3) is 0.438. The molecular weight excluding hydrogens is 360 g/mol. The van der Waals surface area contributed by atoms with E-state index in [1.807, 2.05) is 0 Å². The van der Waals surface area contributed by atoms with Gasteiger partial charge in [0.15, 0.2) is 0 Å². The number of piperidine rings is 1. The van der Waals surface area contributed by atoms with E-state index in [9.17, 15) is 13.2 Å². The number of thiophene rings is 1. The van der Waals surface area contributed by atoms with Gasteiger partial charge in [-0.3, -0.25) is 9.78 Å². The normalized spacial score (nSPS) is 15.9. The first-order valence-corrected chi connectivity index (χ1v) is 10.4. The minimum absolute atomic E-state index is 0.239. The number of amides is 1. The number of nitrogens with one attached hydrogen (secondary N) is 1. The quantitative estimate of drug-likeness (QED) is 0.856. The smallest absolute Gasteiger partial charge is 0.271 e. The Balaban J connectivity index is 1.63. The van der Waals surface area contributed by atoms with Gasteiger partial charge in [0, 0.05) is 24.2 Å². The van der Waals surface area contributed by atoms with Crippen molar-refractivity contribution in [2.24, 2.45) is 0 Å². The molecule has 9 heteroatoms. The third-order valence-corrected chi connectivity index (χ3v) is 7.43. The van der Waals surface area contributed by atoms with E-state index < -0.39 is 10.0 Å². The molecule has 134 valence electrons. The van der Waals surface area contributed by atoms with Gasteiger partial charge in [-0.25, -0.2) is 13.4 Å². The van der Waals surface area contributed by atoms with Crippen LogP contribution >= 0.6 is 11.3 Å². The highest BCUT2D eigenvalue weighted by atomic mass is 32.2. The van der Waals surface area contributed by atoms with Gasteiger partial charge in [0.2, 0.25) is 0 Å². The lowest BCUT2D eigenvalue weighted by molar-refractivity contribution is 0.0946. The maximum Gasteiger partial charge on any atom is 0.271 e. The second-order valence-corrected chi connectivity index (χ2v) is 9.24. The monoisotopic (exact) mass is 380 g/mol. The average molecular weight is 380 g/mol. The third-order valence-electron chi connectivity index (χ3n) is 3.98. The molecule has 1 fully saturated rings. The van der Waals surface area contributed by atoms with Crippen molar-refractivity contribution >= 4 is 27.3 Å². The number of hydrogen-bond acceptors (Lipinski definition) is 6. The first kappa shape index (κ1) is 18.0. The van der Waals surface area contributed by atoms with Crippen LogP contribution in [0.25, 0.3) is 0 Å². The molecule has 0 aromatic carbocycles. The van der Waals surface area contributed by atoms with Crippen molar-refractivity contribution in [2.45, 2.75) is 36.9 Å². The highest BCUT2D eigenvalue weighted by molar-refractivity contribution is 7.91. The Kier molecular flexibility index (Phi) is 5.45. The number of carbonyl (C=O) groups is 1. The van der Waals surface area contributed by atoms with Crippen LogP contribution in [0.4, 0.5) is 0 Å². The second kappa shape index (κ2) is 7.59. The maximum atomic E-state index is 12.6. The minimum Gasteiger partial charge on any atom is -0.346 e. The minimum atomic E-state index is -3.42. The number of nitrogens with zero attached hydrogens (tertiary/aromatic N) is 3. The molecule has 1 saturated heterocycles. The third kappa shape index (κ3) is 4.23. The molecule has 7 nitrogen and oxygen atoms in total. The average Bonchev–Trinajstić information content (AvgIpc) is 3.11. The highest BCUT2D eigenvalue weighted by Gasteiger charge is 2.27. The predicted octanol–water partition coefficient (Wildman–Crippen LogP) is 1.95. The molecular formula is C16H20N4O3S2. The van der Waals surface area contributed by atoms with Crippen LogP contribution in [0.15, 0.2) is 28.7 Å². The zero-order valence-electron chi connectivity index (χ0n) is 13.9. The van der Waals surface area contributed by atoms with Crippen molar-refractivity contribution < 1.29 is 13.2 Å². The van der Waals surface area contributed by atoms with E-state index in [0.29, 0.717) is 17.3 Å². The molecule has 1 amide bonds. The topological polar surface area (TPSA) is 92.3 Å². The Morgan fingerprint density at radius 2 is 1.96 bits per heavy atom. The summed E-state index contributed by atoms with van der Waals surface area (Å²) in [6, 6.07) is 3.35. The number of sulfonamides is 1. The van der Waals surface area contributed by atoms with Gasteiger partial charge in [0.1, 0.15) is 9.90 Å². The summed E-state index contributed by atoms with van der Waals surface area (Å²) in [6.45, 7) is 3.22. The second-order valence-electron chi connectivity index (χ2n) is 5.91. The molecule has 0 saturated carbocycles. The number of rotatable bonds is 5. The zero-order chi connectivity index (χ0) is 17.9. The van der Waals surface area contributed by atoms with Gasteiger partial charge < -0.3 is 5.32 Å². The van der Waals surface area contributed by atoms with Gasteiger partial charge in [0.25, 0.3) is 15.9 Å². The predicted molar refractivity (Wildman–Crippen MR) is 94.9 cm³/mol. The van der Waals surface area contributed by atoms with Crippen molar-refractivity contribution in [1.29, 1.82) is 0 Å². The highest BCUT2D eigenvalue weighted by Crippen LogP contribution is 2.27. The summed E-state index contributed by atoms with van der Waals surface area (Å²) >= 11 is 1.19. The standard InChI is InChI=1S/C16H20N4O3S2/c1-12-9-18-14(11-17-12)16(21)19-10-13-5-6-15(24-13)25(22,23)20-7-3-2-4-8-20/h5-6,9,11H,2-4,7-8,10H2,1H3,(H,19,21). The Morgan fingerprint density at radius 1 is 1.20 bits per heavy atom. The summed E-state index contributed by atoms with van der Waals surface area (Å²) in [5, 5.41) is 2.74. The van der Waals surface area contributed by atoms with Crippen LogP contribution in [0.2, 0.25) is 0 Å². The fourth-order valence-electron chi connectivity index (χ4n) is 2.59. The van der Waals surface area contributed by atoms with Gasteiger partial charge in [-0.05, 0) is 31.9 Å². The fourth-order valence-corrected chi connectivity index (χ4v) is 5.56. The lowest BCUT2D eigenvalue weighted by Crippen LogP contribution is -2.35. The number of aromatic nitrogens is 2. The number of aryl methyl sites for hydroxylation is 1. The van der Waals surface area contributed by atoms with Crippen LogP contribution in [0.1, 0.15) is 40.3 Å². The zero-order valence-corrected chi connectivity index (χ0v) is 15.6. The molecule has 1 aliphatic rings. The summed E-state index contributed by atoms with van der Waals surface area (Å²) < 4.78 is 27.1. The molecule has 0 radical (unpaired) electrons. The van der Waals surface area contributed by atoms with Crippen LogP contribution in [0.5, 0.6) is 0 Å². The van der Waals surface area contributed by atoms with E-state index >= 15 is 0 Å². The summed E-state index contributed by atoms with van der Waals surface area (Å²) in [5.41, 5.74) is 0.977. The van der Waals surface area contributed by atoms with Crippen molar-refractivity contribution in [3.63, 3.8) is 0 Å². The lowest BCUT2D eigenvalue weighted by Gasteiger charge is -2.25. The summed E-state index contributed by atoms with van der Waals surface area (Å²) in [5.74, 6) is -0.332. The molecule has 0 aliphatic carbocycles. The van der Waals surface area contributed by atoms with Crippen molar-refractivity contribution in [1.82, 2.24) is 19.6 Å². The number of carbonyl (C=O) groups excluding carboxylic acids is 1. The first-order valence-electron chi connectivity index (χ1n) is 8.12. The molecule has 1 aliphatic heterocycles. The SMILES string of the molecule is Cc1cnc(C(=O)NCc2ccc(S(=O)(=O)N3CCCCC3)s2)cn1. The van der Waals surface area contributed by atoms with E-state index in [-0.39, 0.29) is 18.1 Å². The van der Waals surface area contributed by atoms with Crippen molar-refractivity contribution in [2.75, 3.05) is 13.1 Å². The molecule has 25 heavy (non-hydrogen) atoms. The summed E-state index contributed by atoms with van der Waals surface area (Å²) in [4.78, 5) is 20.9. The first-order chi connectivity index (χ1) is 12.0. The van der Waals surface area contributed by atoms with Crippen LogP contribution in [-0.4, -0.2) is 41.7 Å². The van der Waals surface area contributed by atoms with Crippen LogP contribution in [0.3, 0.4) is 0 Å². The molecule has 3 heterocycles. The van der Waals surface area contributed by atoms with Crippen LogP contribution < -0.4 is 5.32 Å². The summed E-state index contributed by atoms with van der Waals surface area (Å²) in [7, 11) is -3.42. The van der Waals surface area contributed by atoms with Crippen LogP contribution in [0, 0.1) is 6.92 Å². The Labute approximate surface area is 151 Å². The van der Waals surface area contributed by atoms with E-state index in [2.05, 4.69) is 15.3 Å². The molecule has 0 unspecified atom stereocenters. The Hall–Kier alpha value is -1.84. The van der Waals surface area contributed by atoms with E-state index in [1.54, 1.807) is 23.4 Å². The van der Waals surface area contributed by atoms with Crippen LogP contribution in [-0.2, 0) is 16.6 Å². The Morgan fingerprint density at radius 3 is 2.64 bits per heavy atom. The largest absolute Gasteiger partial charge is 0.346 e. The lowest BCUT2D eigenvalue weighted by atomic mass is 10.2. The summed E-state index contributed by atoms with van der Waals surface area (Å²) in [6.07, 6.45) is 5.85. The van der Waals surface area contributed by atoms with Gasteiger partial charge in [-0.15, -0.1) is 11.3 Å². The van der Waals surface area contributed by atoms with E-state index in [4.69, 9.17) is 0 Å². The molecule has 0 spiro atoms. The van der Waals surface area contributed by atoms with Gasteiger partial charge in [-0.1, -0.05) is 6.42 Å². The molecule has 0 atom stereocenters. The molecule has 2 aromatic rings. The molecule has 3 rings (SSSR count). The van der Waals surface area contributed by atoms with E-state index in [1.165, 1.54) is 23.7 Å². The van der Waals surface area contributed by atoms with E-state index in [0.717, 1.165) is 29.8 Å². The number of hydrogen-bond donors (Lipinski definition) is 1. The van der Waals surface area contributed by atoms with Gasteiger partial charge >= 0.3 is 0 Å². The maximum absolute atomic E-state index is 12.6. The van der Waals surface area contributed by atoms with Gasteiger partial charge in [-0.2, -0.15) is 4.31 Å². The molecule has 2 aromatic heterocycles. The Bertz CT molecular complexity index is 841.